The molecule has 1 amide bonds. The van der Waals surface area contributed by atoms with Crippen molar-refractivity contribution in [3.05, 3.63) is 0 Å². The molecule has 1 rings (SSSR count). The van der Waals surface area contributed by atoms with Crippen LogP contribution in [0.25, 0.3) is 0 Å². The van der Waals surface area contributed by atoms with Crippen LogP contribution in [-0.2, 0) is 4.79 Å². The first kappa shape index (κ1) is 14.5. The average molecular weight is 242 g/mol. The third-order valence-corrected chi connectivity index (χ3v) is 3.44. The highest BCUT2D eigenvalue weighted by Crippen LogP contribution is 2.28. The van der Waals surface area contributed by atoms with E-state index in [2.05, 4.69) is 10.6 Å². The fraction of sp³-hybridized carbons (Fsp3) is 0.923. The first-order valence-corrected chi connectivity index (χ1v) is 6.74. The minimum Gasteiger partial charge on any atom is -0.396 e. The van der Waals surface area contributed by atoms with Gasteiger partial charge in [-0.3, -0.25) is 4.79 Å². The summed E-state index contributed by atoms with van der Waals surface area (Å²) in [6.07, 6.45) is 4.78. The number of rotatable bonds is 6. The molecule has 0 aromatic heterocycles. The Hall–Kier alpha value is -0.610. The molecule has 1 saturated carbocycles. The molecule has 0 saturated heterocycles. The Bertz CT molecular complexity index is 231. The zero-order chi connectivity index (χ0) is 12.7. The van der Waals surface area contributed by atoms with Gasteiger partial charge >= 0.3 is 0 Å². The Morgan fingerprint density at radius 3 is 2.53 bits per heavy atom. The third kappa shape index (κ3) is 5.50. The van der Waals surface area contributed by atoms with Crippen molar-refractivity contribution >= 4 is 5.91 Å². The highest BCUT2D eigenvalue weighted by molar-refractivity contribution is 5.78. The van der Waals surface area contributed by atoms with Gasteiger partial charge in [-0.15, -0.1) is 0 Å². The van der Waals surface area contributed by atoms with Crippen molar-refractivity contribution in [2.24, 2.45) is 11.8 Å². The molecule has 100 valence electrons. The number of aliphatic hydroxyl groups excluding tert-OH is 1. The Morgan fingerprint density at radius 1 is 1.29 bits per heavy atom. The van der Waals surface area contributed by atoms with Gasteiger partial charge in [-0.05, 0) is 45.1 Å². The SMILES string of the molecule is CC(C)NC(=O)CNCC1CCCCC1CO. The fourth-order valence-electron chi connectivity index (χ4n) is 2.54. The molecular weight excluding hydrogens is 216 g/mol. The number of hydrogen-bond acceptors (Lipinski definition) is 3. The maximum Gasteiger partial charge on any atom is 0.234 e. The van der Waals surface area contributed by atoms with E-state index < -0.39 is 0 Å². The van der Waals surface area contributed by atoms with Crippen molar-refractivity contribution in [3.8, 4) is 0 Å². The van der Waals surface area contributed by atoms with Gasteiger partial charge in [0.25, 0.3) is 0 Å². The van der Waals surface area contributed by atoms with Crippen LogP contribution < -0.4 is 10.6 Å². The average Bonchev–Trinajstić information content (AvgIpc) is 2.28. The lowest BCUT2D eigenvalue weighted by atomic mass is 9.79. The van der Waals surface area contributed by atoms with Crippen LogP contribution in [0.1, 0.15) is 39.5 Å². The number of carbonyl (C=O) groups excluding carboxylic acids is 1. The van der Waals surface area contributed by atoms with Crippen molar-refractivity contribution in [3.63, 3.8) is 0 Å². The van der Waals surface area contributed by atoms with Crippen LogP contribution in [0.4, 0.5) is 0 Å². The van der Waals surface area contributed by atoms with Crippen LogP contribution in [0, 0.1) is 11.8 Å². The molecular formula is C13H26N2O2. The third-order valence-electron chi connectivity index (χ3n) is 3.44. The Kier molecular flexibility index (Phi) is 6.52. The monoisotopic (exact) mass is 242 g/mol. The summed E-state index contributed by atoms with van der Waals surface area (Å²) >= 11 is 0. The Labute approximate surface area is 104 Å². The van der Waals surface area contributed by atoms with Crippen molar-refractivity contribution < 1.29 is 9.90 Å². The van der Waals surface area contributed by atoms with Crippen molar-refractivity contribution in [1.29, 1.82) is 0 Å². The van der Waals surface area contributed by atoms with E-state index in [9.17, 15) is 9.90 Å². The van der Waals surface area contributed by atoms with E-state index in [1.807, 2.05) is 13.8 Å². The Balaban J connectivity index is 2.18. The summed E-state index contributed by atoms with van der Waals surface area (Å²) in [4.78, 5) is 11.4. The quantitative estimate of drug-likeness (QED) is 0.648. The van der Waals surface area contributed by atoms with Crippen LogP contribution >= 0.6 is 0 Å². The molecule has 1 aliphatic rings. The number of amides is 1. The molecule has 1 aliphatic carbocycles. The minimum absolute atomic E-state index is 0.0522. The number of hydrogen-bond donors (Lipinski definition) is 3. The highest BCUT2D eigenvalue weighted by atomic mass is 16.3. The summed E-state index contributed by atoms with van der Waals surface area (Å²) in [6, 6.07) is 0.198. The van der Waals surface area contributed by atoms with Crippen LogP contribution in [-0.4, -0.2) is 36.8 Å². The van der Waals surface area contributed by atoms with E-state index in [0.29, 0.717) is 18.4 Å². The van der Waals surface area contributed by atoms with Crippen LogP contribution in [0.15, 0.2) is 0 Å². The second-order valence-electron chi connectivity index (χ2n) is 5.34. The molecule has 0 bridgehead atoms. The predicted molar refractivity (Wildman–Crippen MR) is 68.7 cm³/mol. The molecule has 0 aromatic rings. The second-order valence-corrected chi connectivity index (χ2v) is 5.34. The maximum atomic E-state index is 11.4. The largest absolute Gasteiger partial charge is 0.396 e. The molecule has 17 heavy (non-hydrogen) atoms. The smallest absolute Gasteiger partial charge is 0.234 e. The summed E-state index contributed by atoms with van der Waals surface area (Å²) in [5, 5.41) is 15.3. The van der Waals surface area contributed by atoms with Gasteiger partial charge in [-0.25, -0.2) is 0 Å². The van der Waals surface area contributed by atoms with Gasteiger partial charge in [0, 0.05) is 12.6 Å². The van der Waals surface area contributed by atoms with Crippen LogP contribution in [0.3, 0.4) is 0 Å². The normalized spacial score (nSPS) is 24.9. The predicted octanol–water partition coefficient (Wildman–Crippen LogP) is 0.899. The lowest BCUT2D eigenvalue weighted by Gasteiger charge is -2.30. The molecule has 2 unspecified atom stereocenters. The van der Waals surface area contributed by atoms with Gasteiger partial charge in [0.1, 0.15) is 0 Å². The fourth-order valence-corrected chi connectivity index (χ4v) is 2.54. The maximum absolute atomic E-state index is 11.4. The summed E-state index contributed by atoms with van der Waals surface area (Å²) in [7, 11) is 0. The van der Waals surface area contributed by atoms with Crippen LogP contribution in [0.5, 0.6) is 0 Å². The van der Waals surface area contributed by atoms with Gasteiger partial charge in [0.15, 0.2) is 0 Å². The van der Waals surface area contributed by atoms with Gasteiger partial charge < -0.3 is 15.7 Å². The zero-order valence-electron chi connectivity index (χ0n) is 11.0. The van der Waals surface area contributed by atoms with Gasteiger partial charge in [-0.2, -0.15) is 0 Å². The molecule has 0 radical (unpaired) electrons. The molecule has 0 aliphatic heterocycles. The highest BCUT2D eigenvalue weighted by Gasteiger charge is 2.23. The minimum atomic E-state index is 0.0522. The summed E-state index contributed by atoms with van der Waals surface area (Å²) in [5.74, 6) is 1.00. The van der Waals surface area contributed by atoms with Gasteiger partial charge in [0.2, 0.25) is 5.91 Å². The number of carbonyl (C=O) groups is 1. The van der Waals surface area contributed by atoms with E-state index in [-0.39, 0.29) is 18.6 Å². The topological polar surface area (TPSA) is 61.4 Å². The molecule has 2 atom stereocenters. The standard InChI is InChI=1S/C13H26N2O2/c1-10(2)15-13(17)8-14-7-11-5-3-4-6-12(11)9-16/h10-12,14,16H,3-9H2,1-2H3,(H,15,17). The van der Waals surface area contributed by atoms with E-state index in [1.54, 1.807) is 0 Å². The second kappa shape index (κ2) is 7.67. The van der Waals surface area contributed by atoms with E-state index in [1.165, 1.54) is 19.3 Å². The lowest BCUT2D eigenvalue weighted by molar-refractivity contribution is -0.120. The van der Waals surface area contributed by atoms with E-state index >= 15 is 0 Å². The number of aliphatic hydroxyl groups is 1. The molecule has 0 heterocycles. The van der Waals surface area contributed by atoms with Crippen molar-refractivity contribution in [2.45, 2.75) is 45.6 Å². The van der Waals surface area contributed by atoms with Crippen LogP contribution in [0.2, 0.25) is 0 Å². The molecule has 3 N–H and O–H groups in total. The lowest BCUT2D eigenvalue weighted by Crippen LogP contribution is -2.40. The first-order chi connectivity index (χ1) is 8.13. The molecule has 1 fully saturated rings. The summed E-state index contributed by atoms with van der Waals surface area (Å²) in [5.41, 5.74) is 0. The molecule has 0 aromatic carbocycles. The van der Waals surface area contributed by atoms with Gasteiger partial charge in [0.05, 0.1) is 6.54 Å². The molecule has 4 heteroatoms. The van der Waals surface area contributed by atoms with Crippen molar-refractivity contribution in [1.82, 2.24) is 10.6 Å². The van der Waals surface area contributed by atoms with Crippen molar-refractivity contribution in [2.75, 3.05) is 19.7 Å². The van der Waals surface area contributed by atoms with E-state index in [4.69, 9.17) is 0 Å². The Morgan fingerprint density at radius 2 is 1.94 bits per heavy atom. The van der Waals surface area contributed by atoms with E-state index in [0.717, 1.165) is 13.0 Å². The molecule has 4 nitrogen and oxygen atoms in total. The first-order valence-electron chi connectivity index (χ1n) is 6.74. The summed E-state index contributed by atoms with van der Waals surface area (Å²) < 4.78 is 0. The zero-order valence-corrected chi connectivity index (χ0v) is 11.0. The molecule has 0 spiro atoms. The number of nitrogens with one attached hydrogen (secondary N) is 2. The van der Waals surface area contributed by atoms with Gasteiger partial charge in [-0.1, -0.05) is 12.8 Å². The summed E-state index contributed by atoms with van der Waals surface area (Å²) in [6.45, 7) is 5.43.